The SMILES string of the molecule is CC(=O)Nc1nnc(S(=O)(=O)NCc2ccc(C)s2)s1. The quantitative estimate of drug-likeness (QED) is 0.805. The number of carbonyl (C=O) groups is 1. The van der Waals surface area contributed by atoms with E-state index in [4.69, 9.17) is 0 Å². The predicted octanol–water partition coefficient (Wildman–Crippen LogP) is 1.34. The Bertz CT molecular complexity index is 720. The molecule has 108 valence electrons. The van der Waals surface area contributed by atoms with Crippen molar-refractivity contribution in [1.82, 2.24) is 14.9 Å². The fourth-order valence-electron chi connectivity index (χ4n) is 1.33. The van der Waals surface area contributed by atoms with Gasteiger partial charge in [-0.3, -0.25) is 4.79 Å². The number of nitrogens with one attached hydrogen (secondary N) is 2. The Hall–Kier alpha value is -1.36. The Morgan fingerprint density at radius 1 is 1.30 bits per heavy atom. The van der Waals surface area contributed by atoms with Gasteiger partial charge >= 0.3 is 0 Å². The van der Waals surface area contributed by atoms with Crippen molar-refractivity contribution in [1.29, 1.82) is 0 Å². The smallest absolute Gasteiger partial charge is 0.270 e. The van der Waals surface area contributed by atoms with E-state index in [1.165, 1.54) is 18.3 Å². The molecular weight excluding hydrogens is 320 g/mol. The third-order valence-electron chi connectivity index (χ3n) is 2.15. The van der Waals surface area contributed by atoms with Gasteiger partial charge < -0.3 is 5.32 Å². The maximum atomic E-state index is 12.0. The zero-order valence-electron chi connectivity index (χ0n) is 10.7. The first kappa shape index (κ1) is 15.0. The summed E-state index contributed by atoms with van der Waals surface area (Å²) in [5.74, 6) is -0.327. The number of nitrogens with zero attached hydrogens (tertiary/aromatic N) is 2. The monoisotopic (exact) mass is 332 g/mol. The van der Waals surface area contributed by atoms with Crippen molar-refractivity contribution in [3.63, 3.8) is 0 Å². The minimum atomic E-state index is -3.71. The lowest BCUT2D eigenvalue weighted by molar-refractivity contribution is -0.114. The summed E-state index contributed by atoms with van der Waals surface area (Å²) < 4.78 is 26.3. The van der Waals surface area contributed by atoms with E-state index in [-0.39, 0.29) is 21.9 Å². The lowest BCUT2D eigenvalue weighted by Crippen LogP contribution is -2.22. The summed E-state index contributed by atoms with van der Waals surface area (Å²) in [6.45, 7) is 3.47. The van der Waals surface area contributed by atoms with Crippen LogP contribution in [-0.4, -0.2) is 24.5 Å². The molecule has 2 aromatic heterocycles. The summed E-state index contributed by atoms with van der Waals surface area (Å²) in [4.78, 5) is 12.9. The number of hydrogen-bond acceptors (Lipinski definition) is 7. The number of rotatable bonds is 5. The maximum Gasteiger partial charge on any atom is 0.270 e. The van der Waals surface area contributed by atoms with Crippen LogP contribution in [0.2, 0.25) is 0 Å². The van der Waals surface area contributed by atoms with Crippen LogP contribution in [0.3, 0.4) is 0 Å². The zero-order valence-corrected chi connectivity index (χ0v) is 13.2. The van der Waals surface area contributed by atoms with Crippen molar-refractivity contribution in [2.45, 2.75) is 24.7 Å². The third-order valence-corrected chi connectivity index (χ3v) is 5.76. The van der Waals surface area contributed by atoms with Crippen LogP contribution in [-0.2, 0) is 21.4 Å². The molecule has 2 N–H and O–H groups in total. The van der Waals surface area contributed by atoms with E-state index in [0.29, 0.717) is 0 Å². The molecule has 2 rings (SSSR count). The molecule has 0 radical (unpaired) electrons. The molecule has 0 bridgehead atoms. The van der Waals surface area contributed by atoms with Gasteiger partial charge in [0.2, 0.25) is 15.4 Å². The fraction of sp³-hybridized carbons (Fsp3) is 0.300. The number of aryl methyl sites for hydroxylation is 1. The van der Waals surface area contributed by atoms with Gasteiger partial charge in [0.15, 0.2) is 0 Å². The van der Waals surface area contributed by atoms with E-state index in [1.807, 2.05) is 19.1 Å². The fourth-order valence-corrected chi connectivity index (χ4v) is 4.24. The molecule has 0 saturated heterocycles. The summed E-state index contributed by atoms with van der Waals surface area (Å²) in [5.41, 5.74) is 0. The van der Waals surface area contributed by atoms with Gasteiger partial charge in [0.25, 0.3) is 10.0 Å². The molecule has 0 aliphatic heterocycles. The standard InChI is InChI=1S/C10H12N4O3S3/c1-6-3-4-8(18-6)5-11-20(16,17)10-14-13-9(19-10)12-7(2)15/h3-4,11H,5H2,1-2H3,(H,12,13,15). The average Bonchev–Trinajstić information content (AvgIpc) is 2.95. The van der Waals surface area contributed by atoms with Crippen LogP contribution in [0, 0.1) is 6.92 Å². The van der Waals surface area contributed by atoms with Gasteiger partial charge in [-0.05, 0) is 19.1 Å². The highest BCUT2D eigenvalue weighted by molar-refractivity contribution is 7.91. The molecule has 0 unspecified atom stereocenters. The molecule has 0 spiro atoms. The van der Waals surface area contributed by atoms with E-state index in [2.05, 4.69) is 20.2 Å². The van der Waals surface area contributed by atoms with E-state index < -0.39 is 10.0 Å². The molecule has 2 heterocycles. The van der Waals surface area contributed by atoms with Crippen LogP contribution in [0.4, 0.5) is 5.13 Å². The van der Waals surface area contributed by atoms with Crippen LogP contribution < -0.4 is 10.0 Å². The van der Waals surface area contributed by atoms with Crippen molar-refractivity contribution in [2.75, 3.05) is 5.32 Å². The van der Waals surface area contributed by atoms with E-state index in [9.17, 15) is 13.2 Å². The molecule has 0 aliphatic carbocycles. The summed E-state index contributed by atoms with van der Waals surface area (Å²) >= 11 is 2.33. The Balaban J connectivity index is 2.06. The van der Waals surface area contributed by atoms with Gasteiger partial charge in [-0.25, -0.2) is 13.1 Å². The lowest BCUT2D eigenvalue weighted by Gasteiger charge is -2.00. The summed E-state index contributed by atoms with van der Waals surface area (Å²) in [7, 11) is -3.71. The van der Waals surface area contributed by atoms with Gasteiger partial charge in [0.1, 0.15) is 0 Å². The van der Waals surface area contributed by atoms with Crippen molar-refractivity contribution in [3.05, 3.63) is 21.9 Å². The molecule has 1 amide bonds. The molecular formula is C10H12N4O3S3. The largest absolute Gasteiger partial charge is 0.301 e. The predicted molar refractivity (Wildman–Crippen MR) is 77.3 cm³/mol. The molecule has 0 atom stereocenters. The van der Waals surface area contributed by atoms with Gasteiger partial charge in [0.05, 0.1) is 0 Å². The second-order valence-electron chi connectivity index (χ2n) is 3.89. The Kier molecular flexibility index (Phi) is 4.48. The van der Waals surface area contributed by atoms with Crippen LogP contribution in [0.15, 0.2) is 16.5 Å². The highest BCUT2D eigenvalue weighted by Gasteiger charge is 2.20. The van der Waals surface area contributed by atoms with Crippen molar-refractivity contribution in [3.8, 4) is 0 Å². The highest BCUT2D eigenvalue weighted by Crippen LogP contribution is 2.20. The summed E-state index contributed by atoms with van der Waals surface area (Å²) in [5, 5.41) is 9.71. The van der Waals surface area contributed by atoms with Gasteiger partial charge in [-0.1, -0.05) is 11.3 Å². The van der Waals surface area contributed by atoms with Crippen LogP contribution in [0.5, 0.6) is 0 Å². The maximum absolute atomic E-state index is 12.0. The molecule has 10 heteroatoms. The average molecular weight is 332 g/mol. The van der Waals surface area contributed by atoms with Crippen molar-refractivity contribution in [2.24, 2.45) is 0 Å². The summed E-state index contributed by atoms with van der Waals surface area (Å²) in [6, 6.07) is 3.79. The molecule has 0 saturated carbocycles. The minimum Gasteiger partial charge on any atom is -0.301 e. The van der Waals surface area contributed by atoms with Crippen molar-refractivity contribution < 1.29 is 13.2 Å². The van der Waals surface area contributed by atoms with Crippen LogP contribution in [0.25, 0.3) is 0 Å². The third kappa shape index (κ3) is 3.82. The van der Waals surface area contributed by atoms with E-state index in [1.54, 1.807) is 0 Å². The number of hydrogen-bond donors (Lipinski definition) is 2. The number of thiophene rings is 1. The number of amides is 1. The lowest BCUT2D eigenvalue weighted by atomic mass is 10.4. The molecule has 2 aromatic rings. The Morgan fingerprint density at radius 2 is 2.05 bits per heavy atom. The normalized spacial score (nSPS) is 11.5. The Morgan fingerprint density at radius 3 is 2.65 bits per heavy atom. The number of anilines is 1. The second-order valence-corrected chi connectivity index (χ2v) is 8.18. The highest BCUT2D eigenvalue weighted by atomic mass is 32.2. The molecule has 0 aliphatic rings. The zero-order chi connectivity index (χ0) is 14.8. The van der Waals surface area contributed by atoms with E-state index >= 15 is 0 Å². The minimum absolute atomic E-state index is 0.157. The number of sulfonamides is 1. The van der Waals surface area contributed by atoms with E-state index in [0.717, 1.165) is 21.1 Å². The van der Waals surface area contributed by atoms with Gasteiger partial charge in [-0.15, -0.1) is 21.5 Å². The molecule has 0 fully saturated rings. The first-order valence-electron chi connectivity index (χ1n) is 5.53. The number of aromatic nitrogens is 2. The second kappa shape index (κ2) is 5.95. The first-order valence-corrected chi connectivity index (χ1v) is 8.64. The molecule has 0 aromatic carbocycles. The molecule has 7 nitrogen and oxygen atoms in total. The number of carbonyl (C=O) groups excluding carboxylic acids is 1. The van der Waals surface area contributed by atoms with Gasteiger partial charge in [-0.2, -0.15) is 0 Å². The Labute approximate surface area is 124 Å². The first-order chi connectivity index (χ1) is 9.37. The van der Waals surface area contributed by atoms with Gasteiger partial charge in [0, 0.05) is 23.2 Å². The molecule has 20 heavy (non-hydrogen) atoms. The topological polar surface area (TPSA) is 101 Å². The summed E-state index contributed by atoms with van der Waals surface area (Å²) in [6.07, 6.45) is 0. The van der Waals surface area contributed by atoms with Crippen molar-refractivity contribution >= 4 is 43.7 Å². The van der Waals surface area contributed by atoms with Crippen LogP contribution in [0.1, 0.15) is 16.7 Å². The van der Waals surface area contributed by atoms with Crippen LogP contribution >= 0.6 is 22.7 Å².